The summed E-state index contributed by atoms with van der Waals surface area (Å²) >= 11 is 0. The second-order valence-electron chi connectivity index (χ2n) is 5.87. The molecule has 0 amide bonds. The van der Waals surface area contributed by atoms with Crippen LogP contribution in [0, 0.1) is 0 Å². The van der Waals surface area contributed by atoms with Gasteiger partial charge in [-0.25, -0.2) is 0 Å². The first-order valence-corrected chi connectivity index (χ1v) is 7.57. The Bertz CT molecular complexity index is 417. The van der Waals surface area contributed by atoms with Gasteiger partial charge in [0, 0.05) is 31.4 Å². The van der Waals surface area contributed by atoms with Crippen molar-refractivity contribution >= 4 is 5.69 Å². The van der Waals surface area contributed by atoms with E-state index in [2.05, 4.69) is 34.5 Å². The Kier molecular flexibility index (Phi) is 4.04. The van der Waals surface area contributed by atoms with Gasteiger partial charge in [-0.1, -0.05) is 18.2 Å². The van der Waals surface area contributed by atoms with E-state index >= 15 is 0 Å². The minimum absolute atomic E-state index is 0.272. The number of aliphatic hydroxyl groups is 1. The lowest BCUT2D eigenvalue weighted by Crippen LogP contribution is -2.39. The molecule has 1 heterocycles. The molecule has 2 aliphatic rings. The maximum atomic E-state index is 10.2. The van der Waals surface area contributed by atoms with E-state index in [-0.39, 0.29) is 6.10 Å². The van der Waals surface area contributed by atoms with Crippen molar-refractivity contribution in [2.75, 3.05) is 24.5 Å². The van der Waals surface area contributed by atoms with Crippen molar-refractivity contribution in [1.82, 2.24) is 5.32 Å². The summed E-state index contributed by atoms with van der Waals surface area (Å²) in [6, 6.07) is 9.31. The van der Waals surface area contributed by atoms with E-state index in [0.29, 0.717) is 6.04 Å². The molecule has 0 spiro atoms. The number of aryl methyl sites for hydroxylation is 1. The Morgan fingerprint density at radius 2 is 2.11 bits per heavy atom. The monoisotopic (exact) mass is 260 g/mol. The molecule has 0 bridgehead atoms. The summed E-state index contributed by atoms with van der Waals surface area (Å²) in [7, 11) is 0. The summed E-state index contributed by atoms with van der Waals surface area (Å²) in [4.78, 5) is 2.36. The zero-order valence-corrected chi connectivity index (χ0v) is 11.5. The van der Waals surface area contributed by atoms with E-state index < -0.39 is 0 Å². The fourth-order valence-corrected chi connectivity index (χ4v) is 2.87. The second-order valence-corrected chi connectivity index (χ2v) is 5.87. The van der Waals surface area contributed by atoms with Crippen LogP contribution in [0.5, 0.6) is 0 Å². The normalized spacial score (nSPS) is 20.8. The second kappa shape index (κ2) is 5.93. The third kappa shape index (κ3) is 3.48. The van der Waals surface area contributed by atoms with E-state index in [0.717, 1.165) is 19.6 Å². The molecule has 3 heteroatoms. The van der Waals surface area contributed by atoms with Gasteiger partial charge in [0.1, 0.15) is 0 Å². The van der Waals surface area contributed by atoms with Crippen LogP contribution in [0.25, 0.3) is 0 Å². The van der Waals surface area contributed by atoms with Crippen LogP contribution in [0.15, 0.2) is 24.3 Å². The van der Waals surface area contributed by atoms with Crippen molar-refractivity contribution in [3.8, 4) is 0 Å². The number of anilines is 1. The molecule has 1 fully saturated rings. The highest BCUT2D eigenvalue weighted by Crippen LogP contribution is 2.26. The van der Waals surface area contributed by atoms with Crippen molar-refractivity contribution in [2.45, 2.75) is 44.2 Å². The highest BCUT2D eigenvalue weighted by molar-refractivity contribution is 5.54. The summed E-state index contributed by atoms with van der Waals surface area (Å²) in [6.07, 6.45) is 5.93. The summed E-state index contributed by atoms with van der Waals surface area (Å²) < 4.78 is 0. The summed E-state index contributed by atoms with van der Waals surface area (Å²) in [5.41, 5.74) is 2.76. The van der Waals surface area contributed by atoms with Gasteiger partial charge in [0.2, 0.25) is 0 Å². The molecule has 1 aromatic rings. The summed E-state index contributed by atoms with van der Waals surface area (Å²) in [5, 5.41) is 13.6. The van der Waals surface area contributed by atoms with Gasteiger partial charge in [0.05, 0.1) is 6.10 Å². The van der Waals surface area contributed by atoms with E-state index in [1.165, 1.54) is 43.4 Å². The number of benzene rings is 1. The zero-order valence-electron chi connectivity index (χ0n) is 11.5. The molecular formula is C16H24N2O. The topological polar surface area (TPSA) is 35.5 Å². The fraction of sp³-hybridized carbons (Fsp3) is 0.625. The van der Waals surface area contributed by atoms with Gasteiger partial charge >= 0.3 is 0 Å². The van der Waals surface area contributed by atoms with Gasteiger partial charge in [-0.15, -0.1) is 0 Å². The Hall–Kier alpha value is -1.06. The molecule has 1 saturated carbocycles. The van der Waals surface area contributed by atoms with Gasteiger partial charge in [-0.3, -0.25) is 0 Å². The molecule has 19 heavy (non-hydrogen) atoms. The largest absolute Gasteiger partial charge is 0.390 e. The van der Waals surface area contributed by atoms with E-state index in [9.17, 15) is 5.11 Å². The van der Waals surface area contributed by atoms with Gasteiger partial charge in [0.15, 0.2) is 0 Å². The first kappa shape index (κ1) is 12.9. The number of rotatable bonds is 5. The standard InChI is InChI=1S/C16H24N2O/c19-15(11-17-14-8-9-14)12-18-10-4-3-6-13-5-1-2-7-16(13)18/h1-2,5,7,14-15,17,19H,3-4,6,8-12H2. The average Bonchev–Trinajstić information content (AvgIpc) is 3.24. The highest BCUT2D eigenvalue weighted by atomic mass is 16.3. The number of fused-ring (bicyclic) bond motifs is 1. The SMILES string of the molecule is OC(CNC1CC1)CN1CCCCc2ccccc21. The number of aliphatic hydroxyl groups excluding tert-OH is 1. The lowest BCUT2D eigenvalue weighted by atomic mass is 10.1. The maximum absolute atomic E-state index is 10.2. The highest BCUT2D eigenvalue weighted by Gasteiger charge is 2.22. The smallest absolute Gasteiger partial charge is 0.0839 e. The quantitative estimate of drug-likeness (QED) is 0.849. The molecule has 2 N–H and O–H groups in total. The number of hydrogen-bond acceptors (Lipinski definition) is 3. The minimum atomic E-state index is -0.272. The number of hydrogen-bond donors (Lipinski definition) is 2. The van der Waals surface area contributed by atoms with Crippen LogP contribution in [0.3, 0.4) is 0 Å². The van der Waals surface area contributed by atoms with Gasteiger partial charge in [0.25, 0.3) is 0 Å². The van der Waals surface area contributed by atoms with Crippen LogP contribution in [0.2, 0.25) is 0 Å². The van der Waals surface area contributed by atoms with Crippen LogP contribution in [-0.4, -0.2) is 36.9 Å². The van der Waals surface area contributed by atoms with Crippen LogP contribution in [0.4, 0.5) is 5.69 Å². The van der Waals surface area contributed by atoms with Gasteiger partial charge in [-0.2, -0.15) is 0 Å². The molecule has 1 atom stereocenters. The number of nitrogens with zero attached hydrogens (tertiary/aromatic N) is 1. The predicted molar refractivity (Wildman–Crippen MR) is 78.6 cm³/mol. The molecule has 1 unspecified atom stereocenters. The fourth-order valence-electron chi connectivity index (χ4n) is 2.87. The van der Waals surface area contributed by atoms with E-state index in [1.54, 1.807) is 0 Å². The summed E-state index contributed by atoms with van der Waals surface area (Å²) in [5.74, 6) is 0. The molecule has 0 aromatic heterocycles. The van der Waals surface area contributed by atoms with Crippen molar-refractivity contribution < 1.29 is 5.11 Å². The minimum Gasteiger partial charge on any atom is -0.390 e. The van der Waals surface area contributed by atoms with Crippen LogP contribution >= 0.6 is 0 Å². The first-order valence-electron chi connectivity index (χ1n) is 7.57. The third-order valence-corrected chi connectivity index (χ3v) is 4.11. The molecule has 104 valence electrons. The van der Waals surface area contributed by atoms with Crippen molar-refractivity contribution in [3.63, 3.8) is 0 Å². The van der Waals surface area contributed by atoms with Crippen molar-refractivity contribution in [1.29, 1.82) is 0 Å². The molecule has 0 radical (unpaired) electrons. The van der Waals surface area contributed by atoms with Crippen LogP contribution in [-0.2, 0) is 6.42 Å². The van der Waals surface area contributed by atoms with Gasteiger partial charge in [-0.05, 0) is 43.7 Å². The molecular weight excluding hydrogens is 236 g/mol. The van der Waals surface area contributed by atoms with E-state index in [1.807, 2.05) is 0 Å². The number of β-amino-alcohol motifs (C(OH)–C–C–N with tert-alkyl or cyclic N) is 1. The lowest BCUT2D eigenvalue weighted by Gasteiger charge is -2.27. The zero-order chi connectivity index (χ0) is 13.1. The average molecular weight is 260 g/mol. The third-order valence-electron chi connectivity index (χ3n) is 4.11. The molecule has 3 rings (SSSR count). The van der Waals surface area contributed by atoms with Crippen LogP contribution in [0.1, 0.15) is 31.2 Å². The predicted octanol–water partition coefficient (Wildman–Crippen LogP) is 1.94. The molecule has 0 saturated heterocycles. The Balaban J connectivity index is 1.62. The molecule has 1 aliphatic carbocycles. The van der Waals surface area contributed by atoms with Crippen molar-refractivity contribution in [2.24, 2.45) is 0 Å². The first-order chi connectivity index (χ1) is 9.33. The maximum Gasteiger partial charge on any atom is 0.0839 e. The molecule has 1 aliphatic heterocycles. The Labute approximate surface area is 115 Å². The van der Waals surface area contributed by atoms with Crippen molar-refractivity contribution in [3.05, 3.63) is 29.8 Å². The summed E-state index contributed by atoms with van der Waals surface area (Å²) in [6.45, 7) is 2.54. The number of nitrogens with one attached hydrogen (secondary N) is 1. The Morgan fingerprint density at radius 3 is 2.95 bits per heavy atom. The Morgan fingerprint density at radius 1 is 1.26 bits per heavy atom. The number of para-hydroxylation sites is 1. The lowest BCUT2D eigenvalue weighted by molar-refractivity contribution is 0.176. The molecule has 1 aromatic carbocycles. The van der Waals surface area contributed by atoms with Crippen LogP contribution < -0.4 is 10.2 Å². The molecule has 3 nitrogen and oxygen atoms in total. The van der Waals surface area contributed by atoms with E-state index in [4.69, 9.17) is 0 Å². The van der Waals surface area contributed by atoms with Gasteiger partial charge < -0.3 is 15.3 Å².